The topological polar surface area (TPSA) is 55.3 Å². The minimum atomic E-state index is 0.0131. The van der Waals surface area contributed by atoms with E-state index in [1.807, 2.05) is 23.1 Å². The second kappa shape index (κ2) is 6.80. The van der Waals surface area contributed by atoms with Gasteiger partial charge in [-0.25, -0.2) is 9.97 Å². The van der Waals surface area contributed by atoms with Crippen LogP contribution in [-0.4, -0.2) is 34.4 Å². The number of likely N-dealkylation sites (tertiary alicyclic amines) is 1. The Hall–Kier alpha value is -2.47. The Bertz CT molecular complexity index is 858. The zero-order valence-corrected chi connectivity index (χ0v) is 14.8. The molecule has 1 aliphatic rings. The maximum absolute atomic E-state index is 13.0. The van der Waals surface area contributed by atoms with Crippen molar-refractivity contribution in [3.05, 3.63) is 53.2 Å². The first-order valence-corrected chi connectivity index (χ1v) is 9.24. The molecule has 0 aliphatic carbocycles. The lowest BCUT2D eigenvalue weighted by atomic mass is 10.0. The predicted molar refractivity (Wildman–Crippen MR) is 98.0 cm³/mol. The highest BCUT2D eigenvalue weighted by Gasteiger charge is 2.31. The second-order valence-corrected chi connectivity index (χ2v) is 7.18. The molecule has 1 saturated heterocycles. The number of para-hydroxylation sites is 1. The number of aromatic nitrogens is 2. The molecular formula is C19H19N3O2S. The Labute approximate surface area is 150 Å². The van der Waals surface area contributed by atoms with Gasteiger partial charge in [0.05, 0.1) is 28.9 Å². The van der Waals surface area contributed by atoms with Crippen LogP contribution in [-0.2, 0) is 0 Å². The Balaban J connectivity index is 1.64. The van der Waals surface area contributed by atoms with Gasteiger partial charge in [-0.1, -0.05) is 12.1 Å². The van der Waals surface area contributed by atoms with Gasteiger partial charge in [0.1, 0.15) is 5.01 Å². The van der Waals surface area contributed by atoms with Crippen molar-refractivity contribution < 1.29 is 9.53 Å². The minimum Gasteiger partial charge on any atom is -0.481 e. The normalized spacial score (nSPS) is 17.6. The Kier molecular flexibility index (Phi) is 4.36. The van der Waals surface area contributed by atoms with E-state index in [1.165, 1.54) is 4.70 Å². The number of rotatable bonds is 3. The average Bonchev–Trinajstić information content (AvgIpc) is 3.11. The Morgan fingerprint density at radius 3 is 2.88 bits per heavy atom. The van der Waals surface area contributed by atoms with Crippen molar-refractivity contribution in [2.24, 2.45) is 0 Å². The van der Waals surface area contributed by atoms with E-state index in [2.05, 4.69) is 11.1 Å². The lowest BCUT2D eigenvalue weighted by molar-refractivity contribution is 0.0611. The first-order valence-electron chi connectivity index (χ1n) is 8.43. The number of pyridine rings is 1. The number of thiazole rings is 1. The third-order valence-electron chi connectivity index (χ3n) is 4.55. The van der Waals surface area contributed by atoms with Gasteiger partial charge >= 0.3 is 0 Å². The molecular weight excluding hydrogens is 334 g/mol. The second-order valence-electron chi connectivity index (χ2n) is 6.12. The van der Waals surface area contributed by atoms with Crippen LogP contribution in [0.3, 0.4) is 0 Å². The number of ether oxygens (including phenoxy) is 1. The molecule has 1 amide bonds. The summed E-state index contributed by atoms with van der Waals surface area (Å²) < 4.78 is 6.24. The summed E-state index contributed by atoms with van der Waals surface area (Å²) in [5.74, 6) is 0.525. The molecule has 6 heteroatoms. The fraction of sp³-hybridized carbons (Fsp3) is 0.316. The number of benzene rings is 1. The minimum absolute atomic E-state index is 0.0131. The van der Waals surface area contributed by atoms with Gasteiger partial charge in [0.25, 0.3) is 5.91 Å². The molecule has 0 N–H and O–H groups in total. The number of carbonyl (C=O) groups excluding carboxylic acids is 1. The summed E-state index contributed by atoms with van der Waals surface area (Å²) in [4.78, 5) is 23.9. The quantitative estimate of drug-likeness (QED) is 0.712. The molecule has 3 heterocycles. The number of piperidine rings is 1. The first kappa shape index (κ1) is 16.0. The van der Waals surface area contributed by atoms with Crippen molar-refractivity contribution in [3.8, 4) is 5.88 Å². The molecule has 1 atom stereocenters. The van der Waals surface area contributed by atoms with E-state index < -0.39 is 0 Å². The fourth-order valence-electron chi connectivity index (χ4n) is 3.26. The van der Waals surface area contributed by atoms with Gasteiger partial charge in [-0.15, -0.1) is 11.3 Å². The van der Waals surface area contributed by atoms with Crippen LogP contribution < -0.4 is 4.74 Å². The maximum Gasteiger partial charge on any atom is 0.256 e. The first-order chi connectivity index (χ1) is 12.3. The number of amides is 1. The van der Waals surface area contributed by atoms with Crippen molar-refractivity contribution in [2.45, 2.75) is 25.3 Å². The number of hydrogen-bond acceptors (Lipinski definition) is 5. The summed E-state index contributed by atoms with van der Waals surface area (Å²) in [6.07, 6.45) is 4.68. The van der Waals surface area contributed by atoms with Gasteiger partial charge in [0, 0.05) is 18.8 Å². The van der Waals surface area contributed by atoms with Gasteiger partial charge in [-0.3, -0.25) is 4.79 Å². The van der Waals surface area contributed by atoms with Crippen molar-refractivity contribution >= 4 is 27.5 Å². The molecule has 1 unspecified atom stereocenters. The Morgan fingerprint density at radius 2 is 2.12 bits per heavy atom. The molecule has 0 spiro atoms. The summed E-state index contributed by atoms with van der Waals surface area (Å²) in [6.45, 7) is 0.755. The van der Waals surface area contributed by atoms with E-state index >= 15 is 0 Å². The van der Waals surface area contributed by atoms with Crippen LogP contribution in [0.1, 0.15) is 40.7 Å². The molecule has 0 saturated carbocycles. The van der Waals surface area contributed by atoms with Crippen LogP contribution >= 0.6 is 11.3 Å². The van der Waals surface area contributed by atoms with Gasteiger partial charge in [-0.05, 0) is 37.5 Å². The molecule has 1 fully saturated rings. The van der Waals surface area contributed by atoms with Crippen molar-refractivity contribution in [2.75, 3.05) is 13.7 Å². The van der Waals surface area contributed by atoms with Crippen LogP contribution in [0.2, 0.25) is 0 Å². The molecule has 0 bridgehead atoms. The van der Waals surface area contributed by atoms with E-state index in [0.29, 0.717) is 11.4 Å². The molecule has 5 nitrogen and oxygen atoms in total. The lowest BCUT2D eigenvalue weighted by Gasteiger charge is -2.34. The summed E-state index contributed by atoms with van der Waals surface area (Å²) >= 11 is 1.69. The van der Waals surface area contributed by atoms with Crippen LogP contribution in [0.5, 0.6) is 5.88 Å². The van der Waals surface area contributed by atoms with E-state index in [4.69, 9.17) is 9.72 Å². The number of methoxy groups -OCH3 is 1. The van der Waals surface area contributed by atoms with Crippen LogP contribution in [0.15, 0.2) is 42.6 Å². The summed E-state index contributed by atoms with van der Waals surface area (Å²) in [5, 5.41) is 1.02. The maximum atomic E-state index is 13.0. The monoisotopic (exact) mass is 353 g/mol. The zero-order valence-electron chi connectivity index (χ0n) is 14.0. The third kappa shape index (κ3) is 3.09. The fourth-order valence-corrected chi connectivity index (χ4v) is 4.37. The lowest BCUT2D eigenvalue weighted by Crippen LogP contribution is -2.38. The van der Waals surface area contributed by atoms with Gasteiger partial charge in [0.15, 0.2) is 0 Å². The molecule has 0 radical (unpaired) electrons. The third-order valence-corrected chi connectivity index (χ3v) is 5.69. The number of hydrogen-bond donors (Lipinski definition) is 0. The summed E-state index contributed by atoms with van der Waals surface area (Å²) in [7, 11) is 1.57. The highest BCUT2D eigenvalue weighted by molar-refractivity contribution is 7.18. The molecule has 1 aromatic carbocycles. The van der Waals surface area contributed by atoms with Crippen LogP contribution in [0.25, 0.3) is 10.2 Å². The van der Waals surface area contributed by atoms with Gasteiger partial charge in [-0.2, -0.15) is 0 Å². The molecule has 3 aromatic rings. The standard InChI is InChI=1S/C19H19N3O2S/c1-24-17-10-9-13(12-20-17)19(23)22-11-5-4-7-15(22)18-21-14-6-2-3-8-16(14)25-18/h2-3,6,8-10,12,15H,4-5,7,11H2,1H3. The molecule has 4 rings (SSSR count). The van der Waals surface area contributed by atoms with Gasteiger partial charge < -0.3 is 9.64 Å². The highest BCUT2D eigenvalue weighted by atomic mass is 32.1. The van der Waals surface area contributed by atoms with Crippen molar-refractivity contribution in [1.29, 1.82) is 0 Å². The zero-order chi connectivity index (χ0) is 17.2. The van der Waals surface area contributed by atoms with Crippen molar-refractivity contribution in [3.63, 3.8) is 0 Å². The number of carbonyl (C=O) groups is 1. The summed E-state index contributed by atoms with van der Waals surface area (Å²) in [6, 6.07) is 11.7. The summed E-state index contributed by atoms with van der Waals surface area (Å²) in [5.41, 5.74) is 1.60. The predicted octanol–water partition coefficient (Wildman–Crippen LogP) is 4.07. The van der Waals surface area contributed by atoms with Gasteiger partial charge in [0.2, 0.25) is 5.88 Å². The molecule has 1 aliphatic heterocycles. The highest BCUT2D eigenvalue weighted by Crippen LogP contribution is 2.36. The average molecular weight is 353 g/mol. The van der Waals surface area contributed by atoms with Crippen molar-refractivity contribution in [1.82, 2.24) is 14.9 Å². The van der Waals surface area contributed by atoms with E-state index in [0.717, 1.165) is 36.3 Å². The molecule has 128 valence electrons. The number of nitrogens with zero attached hydrogens (tertiary/aromatic N) is 3. The van der Waals surface area contributed by atoms with Crippen LogP contribution in [0.4, 0.5) is 0 Å². The van der Waals surface area contributed by atoms with E-state index in [9.17, 15) is 4.79 Å². The van der Waals surface area contributed by atoms with Crippen LogP contribution in [0, 0.1) is 0 Å². The number of fused-ring (bicyclic) bond motifs is 1. The molecule has 25 heavy (non-hydrogen) atoms. The SMILES string of the molecule is COc1ccc(C(=O)N2CCCCC2c2nc3ccccc3s2)cn1. The smallest absolute Gasteiger partial charge is 0.256 e. The molecule has 2 aromatic heterocycles. The largest absolute Gasteiger partial charge is 0.481 e. The van der Waals surface area contributed by atoms with E-state index in [-0.39, 0.29) is 11.9 Å². The Morgan fingerprint density at radius 1 is 1.24 bits per heavy atom. The van der Waals surface area contributed by atoms with E-state index in [1.54, 1.807) is 36.8 Å².